The summed E-state index contributed by atoms with van der Waals surface area (Å²) in [5.74, 6) is 0.157. The zero-order valence-electron chi connectivity index (χ0n) is 12.7. The van der Waals surface area contributed by atoms with Crippen LogP contribution in [0.25, 0.3) is 10.2 Å². The van der Waals surface area contributed by atoms with Crippen molar-refractivity contribution >= 4 is 27.5 Å². The number of para-hydroxylation sites is 1. The van der Waals surface area contributed by atoms with E-state index in [2.05, 4.69) is 23.3 Å². The SMILES string of the molecule is CC(CNC(=O)CC(O)C(C)C)c1nc2ccccc2s1. The molecule has 0 aliphatic heterocycles. The summed E-state index contributed by atoms with van der Waals surface area (Å²) in [5.41, 5.74) is 1.01. The van der Waals surface area contributed by atoms with Crippen LogP contribution in [0.3, 0.4) is 0 Å². The summed E-state index contributed by atoms with van der Waals surface area (Å²) < 4.78 is 1.17. The maximum Gasteiger partial charge on any atom is 0.222 e. The van der Waals surface area contributed by atoms with Crippen LogP contribution in [0, 0.1) is 5.92 Å². The first kappa shape index (κ1) is 15.9. The first-order valence-corrected chi connectivity index (χ1v) is 8.09. The molecule has 2 atom stereocenters. The summed E-state index contributed by atoms with van der Waals surface area (Å²) in [6.07, 6.45) is -0.424. The number of hydrogen-bond donors (Lipinski definition) is 2. The Labute approximate surface area is 129 Å². The maximum absolute atomic E-state index is 11.8. The van der Waals surface area contributed by atoms with Crippen molar-refractivity contribution in [2.24, 2.45) is 5.92 Å². The standard InChI is InChI=1S/C16H22N2O2S/c1-10(2)13(19)8-15(20)17-9-11(3)16-18-12-6-4-5-7-14(12)21-16/h4-7,10-11,13,19H,8-9H2,1-3H3,(H,17,20). The predicted molar refractivity (Wildman–Crippen MR) is 86.5 cm³/mol. The lowest BCUT2D eigenvalue weighted by atomic mass is 10.0. The Morgan fingerprint density at radius 1 is 1.33 bits per heavy atom. The van der Waals surface area contributed by atoms with Gasteiger partial charge in [-0.1, -0.05) is 32.9 Å². The number of benzene rings is 1. The second kappa shape index (κ2) is 7.00. The van der Waals surface area contributed by atoms with Crippen molar-refractivity contribution in [1.29, 1.82) is 0 Å². The summed E-state index contributed by atoms with van der Waals surface area (Å²) in [6, 6.07) is 8.04. The van der Waals surface area contributed by atoms with E-state index in [1.165, 1.54) is 4.70 Å². The smallest absolute Gasteiger partial charge is 0.222 e. The number of carbonyl (C=O) groups is 1. The summed E-state index contributed by atoms with van der Waals surface area (Å²) in [7, 11) is 0. The first-order chi connectivity index (χ1) is 9.97. The molecule has 0 fully saturated rings. The zero-order valence-corrected chi connectivity index (χ0v) is 13.5. The number of aromatic nitrogens is 1. The predicted octanol–water partition coefficient (Wildman–Crippen LogP) is 2.92. The van der Waals surface area contributed by atoms with Gasteiger partial charge in [-0.05, 0) is 18.1 Å². The minimum atomic E-state index is -0.581. The number of aliphatic hydroxyl groups is 1. The van der Waals surface area contributed by atoms with Crippen LogP contribution in [-0.2, 0) is 4.79 Å². The molecule has 0 spiro atoms. The molecule has 0 saturated carbocycles. The molecule has 0 aliphatic rings. The number of thiazole rings is 1. The molecule has 4 nitrogen and oxygen atoms in total. The number of rotatable bonds is 6. The molecular weight excluding hydrogens is 284 g/mol. The van der Waals surface area contributed by atoms with Gasteiger partial charge in [0.1, 0.15) is 0 Å². The molecule has 114 valence electrons. The minimum absolute atomic E-state index is 0.0948. The Morgan fingerprint density at radius 3 is 2.71 bits per heavy atom. The summed E-state index contributed by atoms with van der Waals surface area (Å²) in [6.45, 7) is 6.41. The molecule has 1 heterocycles. The molecule has 2 unspecified atom stereocenters. The van der Waals surface area contributed by atoms with Crippen molar-refractivity contribution in [1.82, 2.24) is 10.3 Å². The molecule has 1 aromatic carbocycles. The largest absolute Gasteiger partial charge is 0.392 e. The number of nitrogens with zero attached hydrogens (tertiary/aromatic N) is 1. The van der Waals surface area contributed by atoms with E-state index in [4.69, 9.17) is 0 Å². The fourth-order valence-corrected chi connectivity index (χ4v) is 2.97. The van der Waals surface area contributed by atoms with Crippen LogP contribution in [0.15, 0.2) is 24.3 Å². The molecule has 1 amide bonds. The van der Waals surface area contributed by atoms with Crippen molar-refractivity contribution in [3.05, 3.63) is 29.3 Å². The van der Waals surface area contributed by atoms with Crippen LogP contribution in [0.5, 0.6) is 0 Å². The van der Waals surface area contributed by atoms with Crippen LogP contribution >= 0.6 is 11.3 Å². The number of fused-ring (bicyclic) bond motifs is 1. The number of hydrogen-bond acceptors (Lipinski definition) is 4. The molecule has 2 rings (SSSR count). The Balaban J connectivity index is 1.89. The van der Waals surface area contributed by atoms with Gasteiger partial charge in [-0.3, -0.25) is 4.79 Å². The van der Waals surface area contributed by atoms with E-state index >= 15 is 0 Å². The summed E-state index contributed by atoms with van der Waals surface area (Å²) in [5, 5.41) is 13.6. The Morgan fingerprint density at radius 2 is 2.05 bits per heavy atom. The highest BCUT2D eigenvalue weighted by atomic mass is 32.1. The van der Waals surface area contributed by atoms with E-state index in [1.807, 2.05) is 32.0 Å². The lowest BCUT2D eigenvalue weighted by Crippen LogP contribution is -2.31. The van der Waals surface area contributed by atoms with E-state index in [0.717, 1.165) is 10.5 Å². The topological polar surface area (TPSA) is 62.2 Å². The van der Waals surface area contributed by atoms with E-state index in [1.54, 1.807) is 11.3 Å². The molecule has 21 heavy (non-hydrogen) atoms. The minimum Gasteiger partial charge on any atom is -0.392 e. The number of aliphatic hydroxyl groups excluding tert-OH is 1. The molecule has 2 aromatic rings. The van der Waals surface area contributed by atoms with Crippen molar-refractivity contribution in [2.45, 2.75) is 39.2 Å². The molecule has 0 radical (unpaired) electrons. The van der Waals surface area contributed by atoms with E-state index in [9.17, 15) is 9.90 Å². The van der Waals surface area contributed by atoms with Crippen LogP contribution in [0.1, 0.15) is 38.1 Å². The average Bonchev–Trinajstić information content (AvgIpc) is 2.88. The van der Waals surface area contributed by atoms with Crippen molar-refractivity contribution < 1.29 is 9.90 Å². The van der Waals surface area contributed by atoms with Crippen LogP contribution in [0.4, 0.5) is 0 Å². The molecular formula is C16H22N2O2S. The second-order valence-corrected chi connectivity index (χ2v) is 6.80. The van der Waals surface area contributed by atoms with Gasteiger partial charge in [0.2, 0.25) is 5.91 Å². The van der Waals surface area contributed by atoms with Gasteiger partial charge >= 0.3 is 0 Å². The van der Waals surface area contributed by atoms with E-state index in [-0.39, 0.29) is 24.2 Å². The summed E-state index contributed by atoms with van der Waals surface area (Å²) >= 11 is 1.66. The lowest BCUT2D eigenvalue weighted by molar-refractivity contribution is -0.123. The molecule has 0 aliphatic carbocycles. The maximum atomic E-state index is 11.8. The Bertz CT molecular complexity index is 576. The second-order valence-electron chi connectivity index (χ2n) is 5.74. The number of nitrogens with one attached hydrogen (secondary N) is 1. The van der Waals surface area contributed by atoms with Crippen molar-refractivity contribution in [2.75, 3.05) is 6.54 Å². The average molecular weight is 306 g/mol. The van der Waals surface area contributed by atoms with E-state index < -0.39 is 6.10 Å². The van der Waals surface area contributed by atoms with Gasteiger partial charge in [0.15, 0.2) is 0 Å². The van der Waals surface area contributed by atoms with E-state index in [0.29, 0.717) is 6.54 Å². The fourth-order valence-electron chi connectivity index (χ4n) is 1.95. The monoisotopic (exact) mass is 306 g/mol. The third kappa shape index (κ3) is 4.25. The molecule has 2 N–H and O–H groups in total. The zero-order chi connectivity index (χ0) is 15.4. The number of carbonyl (C=O) groups excluding carboxylic acids is 1. The van der Waals surface area contributed by atoms with Crippen LogP contribution < -0.4 is 5.32 Å². The van der Waals surface area contributed by atoms with Gasteiger partial charge in [-0.2, -0.15) is 0 Å². The normalized spacial score (nSPS) is 14.3. The first-order valence-electron chi connectivity index (χ1n) is 7.27. The van der Waals surface area contributed by atoms with Gasteiger partial charge in [0, 0.05) is 12.5 Å². The van der Waals surface area contributed by atoms with Gasteiger partial charge in [0.25, 0.3) is 0 Å². The highest BCUT2D eigenvalue weighted by molar-refractivity contribution is 7.18. The van der Waals surface area contributed by atoms with Gasteiger partial charge in [0.05, 0.1) is 27.7 Å². The third-order valence-electron chi connectivity index (χ3n) is 3.50. The number of amides is 1. The molecule has 0 bridgehead atoms. The summed E-state index contributed by atoms with van der Waals surface area (Å²) in [4.78, 5) is 16.4. The third-order valence-corrected chi connectivity index (χ3v) is 4.77. The molecule has 5 heteroatoms. The molecule has 0 saturated heterocycles. The molecule has 1 aromatic heterocycles. The lowest BCUT2D eigenvalue weighted by Gasteiger charge is -2.15. The quantitative estimate of drug-likeness (QED) is 0.862. The van der Waals surface area contributed by atoms with Crippen molar-refractivity contribution in [3.63, 3.8) is 0 Å². The Kier molecular flexibility index (Phi) is 5.31. The van der Waals surface area contributed by atoms with Crippen LogP contribution in [0.2, 0.25) is 0 Å². The van der Waals surface area contributed by atoms with Gasteiger partial charge < -0.3 is 10.4 Å². The van der Waals surface area contributed by atoms with Gasteiger partial charge in [-0.15, -0.1) is 11.3 Å². The highest BCUT2D eigenvalue weighted by Gasteiger charge is 2.16. The fraction of sp³-hybridized carbons (Fsp3) is 0.500. The van der Waals surface area contributed by atoms with Crippen molar-refractivity contribution in [3.8, 4) is 0 Å². The Hall–Kier alpha value is -1.46. The van der Waals surface area contributed by atoms with Crippen LogP contribution in [-0.4, -0.2) is 28.6 Å². The highest BCUT2D eigenvalue weighted by Crippen LogP contribution is 2.26. The van der Waals surface area contributed by atoms with Gasteiger partial charge in [-0.25, -0.2) is 4.98 Å².